The lowest BCUT2D eigenvalue weighted by Gasteiger charge is -2.25. The van der Waals surface area contributed by atoms with Gasteiger partial charge in [-0.1, -0.05) is 100 Å². The molecule has 0 unspecified atom stereocenters. The van der Waals surface area contributed by atoms with Crippen LogP contribution in [0.2, 0.25) is 0 Å². The van der Waals surface area contributed by atoms with Crippen molar-refractivity contribution in [3.8, 4) is 17.2 Å². The summed E-state index contributed by atoms with van der Waals surface area (Å²) in [4.78, 5) is 0. The Kier molecular flexibility index (Phi) is 14.4. The van der Waals surface area contributed by atoms with E-state index in [0.29, 0.717) is 39.5 Å². The van der Waals surface area contributed by atoms with Crippen molar-refractivity contribution in [1.82, 2.24) is 0 Å². The molecule has 0 radical (unpaired) electrons. The molecule has 218 valence electrons. The van der Waals surface area contributed by atoms with Crippen LogP contribution >= 0.6 is 8.20 Å². The second kappa shape index (κ2) is 16.9. The Labute approximate surface area is 240 Å². The van der Waals surface area contributed by atoms with Gasteiger partial charge in [0.2, 0.25) is 0 Å². The largest absolute Gasteiger partial charge is 0.823 e. The van der Waals surface area contributed by atoms with Gasteiger partial charge in [-0.3, -0.25) is 0 Å². The van der Waals surface area contributed by atoms with E-state index in [9.17, 15) is 5.11 Å². The van der Waals surface area contributed by atoms with E-state index < -0.39 is 0 Å². The van der Waals surface area contributed by atoms with E-state index in [1.54, 1.807) is 0 Å². The molecule has 0 bridgehead atoms. The fourth-order valence-electron chi connectivity index (χ4n) is 4.47. The molecule has 0 aliphatic heterocycles. The lowest BCUT2D eigenvalue weighted by Crippen LogP contribution is -2.22. The quantitative estimate of drug-likeness (QED) is 0.145. The van der Waals surface area contributed by atoms with E-state index in [-0.39, 0.29) is 10.9 Å². The fourth-order valence-corrected chi connectivity index (χ4v) is 5.62. The maximum atomic E-state index is 13.8. The Balaban J connectivity index is 2.55. The molecule has 0 heterocycles. The van der Waals surface area contributed by atoms with Gasteiger partial charge < -0.3 is 19.3 Å². The molecule has 0 aromatic heterocycles. The summed E-state index contributed by atoms with van der Waals surface area (Å²) in [6.07, 6.45) is 9.72. The summed E-state index contributed by atoms with van der Waals surface area (Å²) in [7, 11) is 0.562. The molecule has 0 saturated heterocycles. The molecule has 0 atom stereocenters. The number of benzene rings is 2. The Morgan fingerprint density at radius 3 is 1.54 bits per heavy atom. The molecular formula is C34H52O4P-. The first-order valence-electron chi connectivity index (χ1n) is 15.1. The first-order chi connectivity index (χ1) is 18.6. The fraction of sp³-hybridized carbons (Fsp3) is 0.618. The summed E-state index contributed by atoms with van der Waals surface area (Å²) in [5.41, 5.74) is 4.17. The Morgan fingerprint density at radius 1 is 0.692 bits per heavy atom. The number of hydrogen-bond acceptors (Lipinski definition) is 4. The summed E-state index contributed by atoms with van der Waals surface area (Å²) in [5.74, 6) is 2.14. The smallest absolute Gasteiger partial charge is 0.138 e. The zero-order valence-electron chi connectivity index (χ0n) is 25.9. The molecule has 0 spiro atoms. The summed E-state index contributed by atoms with van der Waals surface area (Å²) in [5, 5.41) is 14.6. The van der Waals surface area contributed by atoms with E-state index in [0.717, 1.165) is 85.5 Å². The van der Waals surface area contributed by atoms with Crippen LogP contribution in [0.3, 0.4) is 0 Å². The first-order valence-corrected chi connectivity index (χ1v) is 16.0. The predicted molar refractivity (Wildman–Crippen MR) is 167 cm³/mol. The average Bonchev–Trinajstić information content (AvgIpc) is 2.87. The first kappa shape index (κ1) is 33.2. The molecule has 2 aromatic rings. The SMILES string of the molecule is CCCCCOc1cc(OCCCCC)c(P=C([O-])c2c(C)cc(C(C)(C)C)cc2C)c(OCCCCC)c1. The van der Waals surface area contributed by atoms with Crippen molar-refractivity contribution < 1.29 is 19.3 Å². The standard InChI is InChI=1S/C34H53O4P/c1-9-12-15-18-36-28-23-29(37-19-16-13-10-2)32(30(24-28)38-20-17-14-11-3)39-33(35)31-25(4)21-27(22-26(31)5)34(6,7)8/h21-24,35H,9-20H2,1-8H3/p-1. The molecule has 2 rings (SSSR count). The van der Waals surface area contributed by atoms with Crippen molar-refractivity contribution in [2.24, 2.45) is 0 Å². The van der Waals surface area contributed by atoms with E-state index >= 15 is 0 Å². The van der Waals surface area contributed by atoms with E-state index in [4.69, 9.17) is 14.2 Å². The van der Waals surface area contributed by atoms with Crippen LogP contribution in [0.5, 0.6) is 17.2 Å². The number of unbranched alkanes of at least 4 members (excludes halogenated alkanes) is 6. The van der Waals surface area contributed by atoms with Gasteiger partial charge in [-0.2, -0.15) is 0 Å². The third-order valence-electron chi connectivity index (χ3n) is 6.87. The zero-order valence-corrected chi connectivity index (χ0v) is 26.8. The van der Waals surface area contributed by atoms with Gasteiger partial charge in [-0.25, -0.2) is 0 Å². The van der Waals surface area contributed by atoms with Gasteiger partial charge in [0.15, 0.2) is 0 Å². The van der Waals surface area contributed by atoms with Crippen molar-refractivity contribution in [2.45, 2.75) is 119 Å². The predicted octanol–water partition coefficient (Wildman–Crippen LogP) is 8.42. The van der Waals surface area contributed by atoms with Crippen LogP contribution in [0, 0.1) is 13.8 Å². The maximum Gasteiger partial charge on any atom is 0.138 e. The van der Waals surface area contributed by atoms with Crippen LogP contribution in [0.25, 0.3) is 0 Å². The highest BCUT2D eigenvalue weighted by Crippen LogP contribution is 2.33. The molecule has 0 aliphatic carbocycles. The van der Waals surface area contributed by atoms with Crippen LogP contribution in [-0.4, -0.2) is 25.3 Å². The molecule has 0 amide bonds. The minimum Gasteiger partial charge on any atom is -0.823 e. The average molecular weight is 556 g/mol. The van der Waals surface area contributed by atoms with Crippen LogP contribution in [0.15, 0.2) is 24.3 Å². The van der Waals surface area contributed by atoms with E-state index in [2.05, 4.69) is 53.7 Å². The second-order valence-corrected chi connectivity index (χ2v) is 12.7. The van der Waals surface area contributed by atoms with Crippen LogP contribution in [-0.2, 0) is 5.41 Å². The van der Waals surface area contributed by atoms with Gasteiger partial charge in [0, 0.05) is 12.1 Å². The van der Waals surface area contributed by atoms with E-state index in [1.807, 2.05) is 26.0 Å². The monoisotopic (exact) mass is 555 g/mol. The van der Waals surface area contributed by atoms with Crippen LogP contribution in [0.4, 0.5) is 0 Å². The van der Waals surface area contributed by atoms with Crippen molar-refractivity contribution in [2.75, 3.05) is 19.8 Å². The van der Waals surface area contributed by atoms with Gasteiger partial charge in [0.1, 0.15) is 17.2 Å². The summed E-state index contributed by atoms with van der Waals surface area (Å²) in [6.45, 7) is 19.1. The van der Waals surface area contributed by atoms with Gasteiger partial charge >= 0.3 is 0 Å². The van der Waals surface area contributed by atoms with Gasteiger partial charge in [0.25, 0.3) is 0 Å². The molecule has 0 aliphatic rings. The molecule has 0 fully saturated rings. The topological polar surface area (TPSA) is 50.8 Å². The summed E-state index contributed by atoms with van der Waals surface area (Å²) >= 11 is 0. The number of rotatable bonds is 17. The van der Waals surface area contributed by atoms with Gasteiger partial charge in [0.05, 0.1) is 25.1 Å². The number of hydrogen-bond donors (Lipinski definition) is 0. The summed E-state index contributed by atoms with van der Waals surface area (Å²) in [6, 6.07) is 8.23. The summed E-state index contributed by atoms with van der Waals surface area (Å²) < 4.78 is 18.8. The lowest BCUT2D eigenvalue weighted by molar-refractivity contribution is -0.207. The molecule has 0 N–H and O–H groups in total. The molecule has 4 nitrogen and oxygen atoms in total. The third kappa shape index (κ3) is 10.8. The van der Waals surface area contributed by atoms with Crippen molar-refractivity contribution in [3.63, 3.8) is 0 Å². The lowest BCUT2D eigenvalue weighted by atomic mass is 9.84. The molecule has 2 aromatic carbocycles. The highest BCUT2D eigenvalue weighted by Gasteiger charge is 2.18. The number of aryl methyl sites for hydroxylation is 2. The highest BCUT2D eigenvalue weighted by molar-refractivity contribution is 7.49. The van der Waals surface area contributed by atoms with Gasteiger partial charge in [-0.15, -0.1) is 5.48 Å². The van der Waals surface area contributed by atoms with Crippen LogP contribution < -0.4 is 24.6 Å². The second-order valence-electron chi connectivity index (χ2n) is 11.6. The minimum absolute atomic E-state index is 0.0285. The Morgan fingerprint density at radius 2 is 1.13 bits per heavy atom. The Hall–Kier alpha value is -2.03. The zero-order chi connectivity index (χ0) is 28.8. The van der Waals surface area contributed by atoms with Crippen molar-refractivity contribution in [3.05, 3.63) is 46.5 Å². The van der Waals surface area contributed by atoms with Gasteiger partial charge in [-0.05, 0) is 60.8 Å². The molecule has 0 saturated carbocycles. The number of ether oxygens (including phenoxy) is 3. The maximum absolute atomic E-state index is 13.8. The van der Waals surface area contributed by atoms with Crippen molar-refractivity contribution >= 4 is 19.0 Å². The highest BCUT2D eigenvalue weighted by atomic mass is 31.1. The Bertz CT molecular complexity index is 996. The third-order valence-corrected chi connectivity index (χ3v) is 7.96. The van der Waals surface area contributed by atoms with Crippen molar-refractivity contribution in [1.29, 1.82) is 0 Å². The normalized spacial score (nSPS) is 12.1. The molecule has 39 heavy (non-hydrogen) atoms. The van der Waals surface area contributed by atoms with Crippen LogP contribution in [0.1, 0.15) is 122 Å². The molecule has 5 heteroatoms. The minimum atomic E-state index is 0.0285. The van der Waals surface area contributed by atoms with E-state index in [1.165, 1.54) is 5.56 Å². The molecular weight excluding hydrogens is 503 g/mol.